The average Bonchev–Trinajstić information content (AvgIpc) is 3.33. The molecule has 2 aliphatic rings. The second-order valence-corrected chi connectivity index (χ2v) is 8.97. The van der Waals surface area contributed by atoms with Crippen molar-refractivity contribution in [2.45, 2.75) is 44.9 Å². The molecule has 1 N–H and O–H groups in total. The molecule has 178 valence electrons. The van der Waals surface area contributed by atoms with E-state index >= 15 is 0 Å². The third-order valence-electron chi connectivity index (χ3n) is 6.55. The van der Waals surface area contributed by atoms with E-state index in [-0.39, 0.29) is 5.91 Å². The molecule has 0 aromatic heterocycles. The van der Waals surface area contributed by atoms with Gasteiger partial charge < -0.3 is 24.4 Å². The molecular formula is C26H33ClN2O4. The molecule has 2 aromatic carbocycles. The van der Waals surface area contributed by atoms with Gasteiger partial charge in [0, 0.05) is 30.2 Å². The Morgan fingerprint density at radius 3 is 2.30 bits per heavy atom. The van der Waals surface area contributed by atoms with Gasteiger partial charge in [0.1, 0.15) is 11.5 Å². The van der Waals surface area contributed by atoms with Crippen molar-refractivity contribution in [3.05, 3.63) is 47.0 Å². The lowest BCUT2D eigenvalue weighted by molar-refractivity contribution is -0.121. The molecule has 2 aromatic rings. The van der Waals surface area contributed by atoms with Crippen LogP contribution < -0.4 is 19.7 Å². The smallest absolute Gasteiger partial charge is 0.235 e. The highest BCUT2D eigenvalue weighted by Gasteiger charge is 2.43. The van der Waals surface area contributed by atoms with E-state index in [0.29, 0.717) is 42.9 Å². The standard InChI is InChI=1S/C26H33ClN2O4/c1-3-32-23-18-22(29-13-15-31-16-14-29)24(33-4-2)17-21(23)28-25(30)26(11-5-6-12-26)19-7-9-20(27)10-8-19/h7-10,17-18H,3-6,11-16H2,1-2H3,(H,28,30). The number of anilines is 2. The molecule has 2 fully saturated rings. The van der Waals surface area contributed by atoms with Gasteiger partial charge in [-0.25, -0.2) is 0 Å². The molecule has 1 saturated carbocycles. The molecule has 1 amide bonds. The van der Waals surface area contributed by atoms with Crippen LogP contribution in [0.2, 0.25) is 5.02 Å². The minimum Gasteiger partial charge on any atom is -0.492 e. The van der Waals surface area contributed by atoms with Crippen LogP contribution in [0.25, 0.3) is 0 Å². The van der Waals surface area contributed by atoms with Gasteiger partial charge in [-0.2, -0.15) is 0 Å². The molecular weight excluding hydrogens is 440 g/mol. The molecule has 1 heterocycles. The largest absolute Gasteiger partial charge is 0.492 e. The number of benzene rings is 2. The van der Waals surface area contributed by atoms with Gasteiger partial charge in [-0.15, -0.1) is 0 Å². The maximum absolute atomic E-state index is 13.8. The fourth-order valence-corrected chi connectivity index (χ4v) is 5.01. The molecule has 6 nitrogen and oxygen atoms in total. The van der Waals surface area contributed by atoms with Crippen molar-refractivity contribution in [3.8, 4) is 11.5 Å². The van der Waals surface area contributed by atoms with Gasteiger partial charge in [-0.3, -0.25) is 4.79 Å². The van der Waals surface area contributed by atoms with Crippen LogP contribution in [0.5, 0.6) is 11.5 Å². The number of hydrogen-bond donors (Lipinski definition) is 1. The van der Waals surface area contributed by atoms with E-state index in [1.165, 1.54) is 0 Å². The number of amides is 1. The van der Waals surface area contributed by atoms with Crippen molar-refractivity contribution in [2.75, 3.05) is 49.7 Å². The molecule has 0 unspecified atom stereocenters. The first-order chi connectivity index (χ1) is 16.1. The first-order valence-corrected chi connectivity index (χ1v) is 12.3. The van der Waals surface area contributed by atoms with Crippen LogP contribution in [0.4, 0.5) is 11.4 Å². The fraction of sp³-hybridized carbons (Fsp3) is 0.500. The minimum atomic E-state index is -0.567. The molecule has 0 radical (unpaired) electrons. The Hall–Kier alpha value is -2.44. The van der Waals surface area contributed by atoms with Crippen LogP contribution in [0, 0.1) is 0 Å². The van der Waals surface area contributed by atoms with Crippen LogP contribution in [-0.4, -0.2) is 45.4 Å². The predicted octanol–water partition coefficient (Wildman–Crippen LogP) is 5.42. The summed E-state index contributed by atoms with van der Waals surface area (Å²) in [6, 6.07) is 11.6. The zero-order chi connectivity index (χ0) is 23.3. The lowest BCUT2D eigenvalue weighted by atomic mass is 9.78. The summed E-state index contributed by atoms with van der Waals surface area (Å²) in [5.41, 5.74) is 2.05. The van der Waals surface area contributed by atoms with Gasteiger partial charge in [0.2, 0.25) is 5.91 Å². The number of rotatable bonds is 8. The Bertz CT molecular complexity index is 952. The first kappa shape index (κ1) is 23.7. The Morgan fingerprint density at radius 1 is 1.03 bits per heavy atom. The molecule has 1 aliphatic heterocycles. The summed E-state index contributed by atoms with van der Waals surface area (Å²) in [6.07, 6.45) is 3.67. The SMILES string of the molecule is CCOc1cc(N2CCOCC2)c(OCC)cc1NC(=O)C1(c2ccc(Cl)cc2)CCCC1. The summed E-state index contributed by atoms with van der Waals surface area (Å²) in [7, 11) is 0. The highest BCUT2D eigenvalue weighted by atomic mass is 35.5. The fourth-order valence-electron chi connectivity index (χ4n) is 4.88. The lowest BCUT2D eigenvalue weighted by Gasteiger charge is -2.32. The summed E-state index contributed by atoms with van der Waals surface area (Å²) in [6.45, 7) is 7.88. The average molecular weight is 473 g/mol. The van der Waals surface area contributed by atoms with Gasteiger partial charge in [-0.05, 0) is 44.4 Å². The number of nitrogens with one attached hydrogen (secondary N) is 1. The monoisotopic (exact) mass is 472 g/mol. The highest BCUT2D eigenvalue weighted by molar-refractivity contribution is 6.30. The number of carbonyl (C=O) groups is 1. The number of hydrogen-bond acceptors (Lipinski definition) is 5. The van der Waals surface area contributed by atoms with Crippen molar-refractivity contribution in [3.63, 3.8) is 0 Å². The van der Waals surface area contributed by atoms with E-state index in [1.54, 1.807) is 0 Å². The number of carbonyl (C=O) groups excluding carboxylic acids is 1. The van der Waals surface area contributed by atoms with Gasteiger partial charge in [0.05, 0.1) is 43.2 Å². The van der Waals surface area contributed by atoms with Crippen LogP contribution in [0.1, 0.15) is 45.1 Å². The van der Waals surface area contributed by atoms with Crippen molar-refractivity contribution < 1.29 is 19.0 Å². The normalized spacial score (nSPS) is 17.6. The van der Waals surface area contributed by atoms with Gasteiger partial charge in [-0.1, -0.05) is 36.6 Å². The molecule has 0 spiro atoms. The van der Waals surface area contributed by atoms with Crippen LogP contribution >= 0.6 is 11.6 Å². The van der Waals surface area contributed by atoms with Gasteiger partial charge >= 0.3 is 0 Å². The quantitative estimate of drug-likeness (QED) is 0.555. The molecule has 1 saturated heterocycles. The first-order valence-electron chi connectivity index (χ1n) is 11.9. The van der Waals surface area contributed by atoms with E-state index in [4.69, 9.17) is 25.8 Å². The summed E-state index contributed by atoms with van der Waals surface area (Å²) in [4.78, 5) is 16.0. The van der Waals surface area contributed by atoms with E-state index in [0.717, 1.165) is 55.8 Å². The summed E-state index contributed by atoms with van der Waals surface area (Å²) in [5, 5.41) is 3.87. The highest BCUT2D eigenvalue weighted by Crippen LogP contribution is 2.44. The zero-order valence-electron chi connectivity index (χ0n) is 19.5. The molecule has 33 heavy (non-hydrogen) atoms. The van der Waals surface area contributed by atoms with E-state index < -0.39 is 5.41 Å². The topological polar surface area (TPSA) is 60.0 Å². The summed E-state index contributed by atoms with van der Waals surface area (Å²) in [5.74, 6) is 1.38. The predicted molar refractivity (Wildman–Crippen MR) is 132 cm³/mol. The van der Waals surface area contributed by atoms with E-state index in [1.807, 2.05) is 50.2 Å². The summed E-state index contributed by atoms with van der Waals surface area (Å²) < 4.78 is 17.5. The van der Waals surface area contributed by atoms with E-state index in [2.05, 4.69) is 10.2 Å². The Labute approximate surface area is 201 Å². The second kappa shape index (κ2) is 10.7. The molecule has 1 aliphatic carbocycles. The number of ether oxygens (including phenoxy) is 3. The number of morpholine rings is 1. The Kier molecular flexibility index (Phi) is 7.66. The number of halogens is 1. The maximum atomic E-state index is 13.8. The number of nitrogens with zero attached hydrogens (tertiary/aromatic N) is 1. The molecule has 4 rings (SSSR count). The van der Waals surface area contributed by atoms with Crippen LogP contribution in [0.3, 0.4) is 0 Å². The third kappa shape index (κ3) is 5.07. The van der Waals surface area contributed by atoms with Crippen molar-refractivity contribution in [1.82, 2.24) is 0 Å². The van der Waals surface area contributed by atoms with Gasteiger partial charge in [0.25, 0.3) is 0 Å². The zero-order valence-corrected chi connectivity index (χ0v) is 20.2. The van der Waals surface area contributed by atoms with Crippen LogP contribution in [-0.2, 0) is 14.9 Å². The molecule has 0 bridgehead atoms. The van der Waals surface area contributed by atoms with Crippen molar-refractivity contribution in [1.29, 1.82) is 0 Å². The van der Waals surface area contributed by atoms with Crippen molar-refractivity contribution in [2.24, 2.45) is 0 Å². The van der Waals surface area contributed by atoms with Crippen LogP contribution in [0.15, 0.2) is 36.4 Å². The molecule has 0 atom stereocenters. The Balaban J connectivity index is 1.68. The second-order valence-electron chi connectivity index (χ2n) is 8.53. The molecule has 7 heteroatoms. The third-order valence-corrected chi connectivity index (χ3v) is 6.80. The minimum absolute atomic E-state index is 0.00940. The lowest BCUT2D eigenvalue weighted by Crippen LogP contribution is -2.38. The summed E-state index contributed by atoms with van der Waals surface area (Å²) >= 11 is 6.11. The van der Waals surface area contributed by atoms with E-state index in [9.17, 15) is 4.79 Å². The Morgan fingerprint density at radius 2 is 1.67 bits per heavy atom. The maximum Gasteiger partial charge on any atom is 0.235 e. The van der Waals surface area contributed by atoms with Crippen molar-refractivity contribution >= 4 is 28.9 Å². The van der Waals surface area contributed by atoms with Gasteiger partial charge in [0.15, 0.2) is 0 Å².